The Balaban J connectivity index is 1.66. The van der Waals surface area contributed by atoms with Gasteiger partial charge in [0.05, 0.1) is 19.8 Å². The van der Waals surface area contributed by atoms with Crippen LogP contribution in [0.15, 0.2) is 28.9 Å². The average molecular weight is 345 g/mol. The number of nitrogens with one attached hydrogen (secondary N) is 1. The second-order valence-electron chi connectivity index (χ2n) is 6.88. The topological polar surface area (TPSA) is 71.7 Å². The molecule has 0 aliphatic heterocycles. The van der Waals surface area contributed by atoms with E-state index in [1.54, 1.807) is 13.4 Å². The molecule has 1 saturated carbocycles. The van der Waals surface area contributed by atoms with Crippen molar-refractivity contribution in [2.45, 2.75) is 51.0 Å². The van der Waals surface area contributed by atoms with Crippen molar-refractivity contribution in [1.29, 1.82) is 0 Å². The van der Waals surface area contributed by atoms with E-state index in [-0.39, 0.29) is 25.0 Å². The molecule has 136 valence electrons. The molecule has 0 bridgehead atoms. The fourth-order valence-electron chi connectivity index (χ4n) is 3.86. The van der Waals surface area contributed by atoms with Gasteiger partial charge in [-0.05, 0) is 37.3 Å². The lowest BCUT2D eigenvalue weighted by molar-refractivity contribution is -0.121. The van der Waals surface area contributed by atoms with Gasteiger partial charge < -0.3 is 19.6 Å². The maximum absolute atomic E-state index is 12.5. The number of aliphatic hydroxyl groups is 1. The lowest BCUT2D eigenvalue weighted by atomic mass is 9.82. The van der Waals surface area contributed by atoms with Gasteiger partial charge in [-0.25, -0.2) is 0 Å². The number of rotatable bonds is 7. The predicted molar refractivity (Wildman–Crippen MR) is 96.7 cm³/mol. The van der Waals surface area contributed by atoms with Gasteiger partial charge >= 0.3 is 0 Å². The first-order chi connectivity index (χ1) is 12.2. The molecule has 1 heterocycles. The maximum atomic E-state index is 12.5. The first-order valence-corrected chi connectivity index (χ1v) is 9.15. The van der Waals surface area contributed by atoms with Crippen LogP contribution >= 0.6 is 0 Å². The molecule has 25 heavy (non-hydrogen) atoms. The lowest BCUT2D eigenvalue weighted by Gasteiger charge is -2.30. The molecule has 1 unspecified atom stereocenters. The highest BCUT2D eigenvalue weighted by molar-refractivity contribution is 5.88. The smallest absolute Gasteiger partial charge is 0.224 e. The van der Waals surface area contributed by atoms with Crippen LogP contribution in [-0.4, -0.2) is 30.8 Å². The summed E-state index contributed by atoms with van der Waals surface area (Å²) >= 11 is 0. The number of carbonyl (C=O) groups excluding carboxylic acids is 1. The van der Waals surface area contributed by atoms with Crippen LogP contribution in [0.25, 0.3) is 11.0 Å². The Morgan fingerprint density at radius 1 is 1.36 bits per heavy atom. The van der Waals surface area contributed by atoms with Crippen LogP contribution < -0.4 is 10.1 Å². The Bertz CT molecular complexity index is 703. The van der Waals surface area contributed by atoms with Crippen molar-refractivity contribution in [3.63, 3.8) is 0 Å². The number of carbonyl (C=O) groups is 1. The first kappa shape index (κ1) is 17.8. The Labute approximate surface area is 148 Å². The number of aliphatic hydroxyl groups excluding tert-OH is 1. The van der Waals surface area contributed by atoms with E-state index in [4.69, 9.17) is 9.15 Å². The van der Waals surface area contributed by atoms with Crippen LogP contribution in [0.3, 0.4) is 0 Å². The summed E-state index contributed by atoms with van der Waals surface area (Å²) in [6, 6.07) is 5.69. The summed E-state index contributed by atoms with van der Waals surface area (Å²) in [5.74, 6) is 1.20. The van der Waals surface area contributed by atoms with Crippen molar-refractivity contribution < 1.29 is 19.1 Å². The molecule has 1 aromatic heterocycles. The third kappa shape index (κ3) is 4.34. The standard InChI is InChI=1S/C20H27NO4/c1-24-16-7-8-17-15(13-25-19(17)12-16)11-20(23)21-18(9-10-22)14-5-3-2-4-6-14/h7-8,12-14,18,22H,2-6,9-11H2,1H3,(H,21,23). The van der Waals surface area contributed by atoms with E-state index in [1.165, 1.54) is 19.3 Å². The summed E-state index contributed by atoms with van der Waals surface area (Å²) in [5.41, 5.74) is 1.60. The van der Waals surface area contributed by atoms with E-state index in [0.29, 0.717) is 12.3 Å². The molecule has 1 aliphatic carbocycles. The van der Waals surface area contributed by atoms with Crippen LogP contribution in [0.4, 0.5) is 0 Å². The summed E-state index contributed by atoms with van der Waals surface area (Å²) in [7, 11) is 1.62. The monoisotopic (exact) mass is 345 g/mol. The van der Waals surface area contributed by atoms with Crippen LogP contribution in [-0.2, 0) is 11.2 Å². The molecule has 1 amide bonds. The molecule has 1 aliphatic rings. The van der Waals surface area contributed by atoms with E-state index in [9.17, 15) is 9.90 Å². The van der Waals surface area contributed by atoms with Crippen molar-refractivity contribution in [2.24, 2.45) is 5.92 Å². The van der Waals surface area contributed by atoms with Crippen LogP contribution in [0.2, 0.25) is 0 Å². The highest BCUT2D eigenvalue weighted by Crippen LogP contribution is 2.28. The zero-order chi connectivity index (χ0) is 17.6. The molecule has 0 saturated heterocycles. The van der Waals surface area contributed by atoms with E-state index in [1.807, 2.05) is 18.2 Å². The highest BCUT2D eigenvalue weighted by Gasteiger charge is 2.25. The van der Waals surface area contributed by atoms with Gasteiger partial charge in [0.25, 0.3) is 0 Å². The van der Waals surface area contributed by atoms with Crippen molar-refractivity contribution in [3.05, 3.63) is 30.0 Å². The van der Waals surface area contributed by atoms with Gasteiger partial charge in [-0.15, -0.1) is 0 Å². The number of hydrogen-bond acceptors (Lipinski definition) is 4. The number of amides is 1. The van der Waals surface area contributed by atoms with Crippen LogP contribution in [0.5, 0.6) is 5.75 Å². The molecule has 5 heteroatoms. The molecule has 2 N–H and O–H groups in total. The van der Waals surface area contributed by atoms with Crippen molar-refractivity contribution in [2.75, 3.05) is 13.7 Å². The fourth-order valence-corrected chi connectivity index (χ4v) is 3.86. The summed E-state index contributed by atoms with van der Waals surface area (Å²) < 4.78 is 10.8. The van der Waals surface area contributed by atoms with E-state index >= 15 is 0 Å². The summed E-state index contributed by atoms with van der Waals surface area (Å²) in [6.07, 6.45) is 8.55. The quantitative estimate of drug-likeness (QED) is 0.806. The fraction of sp³-hybridized carbons (Fsp3) is 0.550. The minimum absolute atomic E-state index is 0.0115. The van der Waals surface area contributed by atoms with Gasteiger partial charge in [-0.3, -0.25) is 4.79 Å². The van der Waals surface area contributed by atoms with Gasteiger partial charge in [0.2, 0.25) is 5.91 Å². The van der Waals surface area contributed by atoms with Gasteiger partial charge in [0.1, 0.15) is 11.3 Å². The zero-order valence-corrected chi connectivity index (χ0v) is 14.8. The second-order valence-corrected chi connectivity index (χ2v) is 6.88. The van der Waals surface area contributed by atoms with E-state index < -0.39 is 0 Å². The van der Waals surface area contributed by atoms with Crippen molar-refractivity contribution >= 4 is 16.9 Å². The summed E-state index contributed by atoms with van der Waals surface area (Å²) in [5, 5.41) is 13.4. The zero-order valence-electron chi connectivity index (χ0n) is 14.8. The second kappa shape index (κ2) is 8.39. The number of ether oxygens (including phenoxy) is 1. The minimum Gasteiger partial charge on any atom is -0.497 e. The molecule has 1 atom stereocenters. The Hall–Kier alpha value is -2.01. The number of hydrogen-bond donors (Lipinski definition) is 2. The third-order valence-electron chi connectivity index (χ3n) is 5.22. The third-order valence-corrected chi connectivity index (χ3v) is 5.22. The van der Waals surface area contributed by atoms with E-state index in [2.05, 4.69) is 5.32 Å². The van der Waals surface area contributed by atoms with Crippen LogP contribution in [0, 0.1) is 5.92 Å². The Kier molecular flexibility index (Phi) is 5.97. The first-order valence-electron chi connectivity index (χ1n) is 9.15. The summed E-state index contributed by atoms with van der Waals surface area (Å²) in [4.78, 5) is 12.5. The molecular weight excluding hydrogens is 318 g/mol. The number of benzene rings is 1. The van der Waals surface area contributed by atoms with Gasteiger partial charge in [-0.1, -0.05) is 19.3 Å². The molecule has 2 aromatic rings. The number of fused-ring (bicyclic) bond motifs is 1. The molecule has 3 rings (SSSR count). The molecule has 0 spiro atoms. The molecule has 0 radical (unpaired) electrons. The lowest BCUT2D eigenvalue weighted by Crippen LogP contribution is -2.42. The molecule has 5 nitrogen and oxygen atoms in total. The molecular formula is C20H27NO4. The highest BCUT2D eigenvalue weighted by atomic mass is 16.5. The summed E-state index contributed by atoms with van der Waals surface area (Å²) in [6.45, 7) is 0.107. The van der Waals surface area contributed by atoms with Crippen molar-refractivity contribution in [3.8, 4) is 5.75 Å². The van der Waals surface area contributed by atoms with Crippen molar-refractivity contribution in [1.82, 2.24) is 5.32 Å². The van der Waals surface area contributed by atoms with Crippen LogP contribution in [0.1, 0.15) is 44.1 Å². The maximum Gasteiger partial charge on any atom is 0.224 e. The van der Waals surface area contributed by atoms with Gasteiger partial charge in [-0.2, -0.15) is 0 Å². The average Bonchev–Trinajstić information content (AvgIpc) is 3.04. The van der Waals surface area contributed by atoms with E-state index in [0.717, 1.165) is 35.1 Å². The van der Waals surface area contributed by atoms with Gasteiger partial charge in [0, 0.05) is 29.7 Å². The Morgan fingerprint density at radius 2 is 2.16 bits per heavy atom. The number of furan rings is 1. The molecule has 1 fully saturated rings. The number of methoxy groups -OCH3 is 1. The normalized spacial score (nSPS) is 16.7. The predicted octanol–water partition coefficient (Wildman–Crippen LogP) is 3.43. The minimum atomic E-state index is -0.0115. The largest absolute Gasteiger partial charge is 0.497 e. The SMILES string of the molecule is COc1ccc2c(CC(=O)NC(CCO)C3CCCCC3)coc2c1. The molecule has 1 aromatic carbocycles. The Morgan fingerprint density at radius 3 is 2.88 bits per heavy atom. The van der Waals surface area contributed by atoms with Gasteiger partial charge in [0.15, 0.2) is 0 Å².